The standard InChI is InChI=1S/C19H22N6O4S/c1-4-25-9-13(18(23-25)27-5-2)17-21-22-19(24(17)3)30-10-16(26)20-12-6-7-14-15(8-12)29-11-28-14/h6-9H,4-5,10-11H2,1-3H3,(H,20,26). The molecule has 1 aromatic carbocycles. The smallest absolute Gasteiger partial charge is 0.243 e. The average Bonchev–Trinajstić information content (AvgIpc) is 3.45. The van der Waals surface area contributed by atoms with Gasteiger partial charge in [0.1, 0.15) is 5.56 Å². The van der Waals surface area contributed by atoms with Gasteiger partial charge in [0.15, 0.2) is 22.5 Å². The SMILES string of the molecule is CCOc1nn(CC)cc1-c1nnc(SCC(=O)Nc2ccc3c(c2)OCO3)n1C. The van der Waals surface area contributed by atoms with E-state index in [4.69, 9.17) is 14.2 Å². The van der Waals surface area contributed by atoms with Crippen LogP contribution in [0.4, 0.5) is 5.69 Å². The van der Waals surface area contributed by atoms with E-state index in [9.17, 15) is 4.79 Å². The second kappa shape index (κ2) is 8.66. The lowest BCUT2D eigenvalue weighted by Gasteiger charge is -2.06. The monoisotopic (exact) mass is 430 g/mol. The first-order valence-electron chi connectivity index (χ1n) is 9.51. The lowest BCUT2D eigenvalue weighted by Crippen LogP contribution is -2.14. The van der Waals surface area contributed by atoms with Crippen LogP contribution in [0.1, 0.15) is 13.8 Å². The van der Waals surface area contributed by atoms with Crippen LogP contribution in [0.2, 0.25) is 0 Å². The number of benzene rings is 1. The van der Waals surface area contributed by atoms with Crippen LogP contribution in [-0.4, -0.2) is 49.6 Å². The molecule has 2 aromatic heterocycles. The van der Waals surface area contributed by atoms with E-state index < -0.39 is 0 Å². The first kappa shape index (κ1) is 20.1. The summed E-state index contributed by atoms with van der Waals surface area (Å²) in [4.78, 5) is 12.4. The van der Waals surface area contributed by atoms with E-state index in [1.807, 2.05) is 31.7 Å². The zero-order valence-electron chi connectivity index (χ0n) is 16.9. The molecule has 158 valence electrons. The second-order valence-electron chi connectivity index (χ2n) is 6.41. The number of aryl methyl sites for hydroxylation is 1. The molecule has 0 radical (unpaired) electrons. The number of rotatable bonds is 8. The molecule has 1 aliphatic heterocycles. The minimum absolute atomic E-state index is 0.155. The molecular formula is C19H22N6O4S. The zero-order chi connectivity index (χ0) is 21.1. The Labute approximate surface area is 177 Å². The van der Waals surface area contributed by atoms with E-state index in [1.165, 1.54) is 11.8 Å². The van der Waals surface area contributed by atoms with E-state index >= 15 is 0 Å². The molecule has 0 saturated carbocycles. The Balaban J connectivity index is 1.42. The van der Waals surface area contributed by atoms with Crippen molar-refractivity contribution in [2.45, 2.75) is 25.5 Å². The Morgan fingerprint density at radius 3 is 2.90 bits per heavy atom. The van der Waals surface area contributed by atoms with Gasteiger partial charge >= 0.3 is 0 Å². The normalized spacial score (nSPS) is 12.2. The minimum Gasteiger partial charge on any atom is -0.476 e. The summed E-state index contributed by atoms with van der Waals surface area (Å²) in [5.41, 5.74) is 1.42. The van der Waals surface area contributed by atoms with E-state index in [1.54, 1.807) is 22.9 Å². The third-order valence-corrected chi connectivity index (χ3v) is 5.42. The van der Waals surface area contributed by atoms with Gasteiger partial charge in [-0.25, -0.2) is 0 Å². The van der Waals surface area contributed by atoms with Crippen molar-refractivity contribution < 1.29 is 19.0 Å². The molecule has 4 rings (SSSR count). The van der Waals surface area contributed by atoms with Gasteiger partial charge in [-0.05, 0) is 26.0 Å². The molecule has 1 amide bonds. The van der Waals surface area contributed by atoms with Crippen LogP contribution >= 0.6 is 11.8 Å². The quantitative estimate of drug-likeness (QED) is 0.544. The molecule has 0 bridgehead atoms. The number of carbonyl (C=O) groups is 1. The maximum atomic E-state index is 12.4. The molecule has 0 atom stereocenters. The average molecular weight is 430 g/mol. The van der Waals surface area contributed by atoms with Gasteiger partial charge < -0.3 is 24.1 Å². The third-order valence-electron chi connectivity index (χ3n) is 4.40. The lowest BCUT2D eigenvalue weighted by atomic mass is 10.3. The molecule has 3 heterocycles. The summed E-state index contributed by atoms with van der Waals surface area (Å²) in [5, 5.41) is 16.4. The zero-order valence-corrected chi connectivity index (χ0v) is 17.7. The van der Waals surface area contributed by atoms with Gasteiger partial charge in [0.05, 0.1) is 12.4 Å². The lowest BCUT2D eigenvalue weighted by molar-refractivity contribution is -0.113. The van der Waals surface area contributed by atoms with Crippen LogP contribution in [0.3, 0.4) is 0 Å². The molecule has 30 heavy (non-hydrogen) atoms. The number of fused-ring (bicyclic) bond motifs is 1. The maximum absolute atomic E-state index is 12.4. The van der Waals surface area contributed by atoms with Crippen LogP contribution < -0.4 is 19.5 Å². The summed E-state index contributed by atoms with van der Waals surface area (Å²) in [5.74, 6) is 2.48. The Kier molecular flexibility index (Phi) is 5.79. The number of anilines is 1. The molecule has 3 aromatic rings. The number of aromatic nitrogens is 5. The molecule has 1 aliphatic rings. The first-order valence-corrected chi connectivity index (χ1v) is 10.5. The number of thioether (sulfide) groups is 1. The minimum atomic E-state index is -0.155. The summed E-state index contributed by atoms with van der Waals surface area (Å²) in [6.45, 7) is 5.33. The highest BCUT2D eigenvalue weighted by Gasteiger charge is 2.20. The van der Waals surface area contributed by atoms with Crippen molar-refractivity contribution in [2.24, 2.45) is 7.05 Å². The molecule has 0 unspecified atom stereocenters. The number of carbonyl (C=O) groups excluding carboxylic acids is 1. The van der Waals surface area contributed by atoms with Crippen LogP contribution in [0, 0.1) is 0 Å². The summed E-state index contributed by atoms with van der Waals surface area (Å²) in [6, 6.07) is 5.29. The van der Waals surface area contributed by atoms with Gasteiger partial charge in [-0.15, -0.1) is 15.3 Å². The van der Waals surface area contributed by atoms with Crippen LogP contribution in [0.15, 0.2) is 29.6 Å². The topological polar surface area (TPSA) is 105 Å². The number of hydrogen-bond donors (Lipinski definition) is 1. The van der Waals surface area contributed by atoms with Crippen molar-refractivity contribution >= 4 is 23.4 Å². The van der Waals surface area contributed by atoms with Gasteiger partial charge in [0.25, 0.3) is 0 Å². The number of nitrogens with one attached hydrogen (secondary N) is 1. The molecule has 1 N–H and O–H groups in total. The van der Waals surface area contributed by atoms with Crippen molar-refractivity contribution in [1.29, 1.82) is 0 Å². The Bertz CT molecular complexity index is 1060. The van der Waals surface area contributed by atoms with Crippen molar-refractivity contribution in [2.75, 3.05) is 24.5 Å². The highest BCUT2D eigenvalue weighted by molar-refractivity contribution is 7.99. The summed E-state index contributed by atoms with van der Waals surface area (Å²) >= 11 is 1.30. The molecule has 11 heteroatoms. The molecule has 0 aliphatic carbocycles. The third kappa shape index (κ3) is 4.06. The van der Waals surface area contributed by atoms with Gasteiger partial charge in [-0.1, -0.05) is 11.8 Å². The van der Waals surface area contributed by atoms with E-state index in [-0.39, 0.29) is 18.5 Å². The van der Waals surface area contributed by atoms with E-state index in [0.717, 1.165) is 12.1 Å². The highest BCUT2D eigenvalue weighted by atomic mass is 32.2. The number of hydrogen-bond acceptors (Lipinski definition) is 8. The Morgan fingerprint density at radius 2 is 2.10 bits per heavy atom. The summed E-state index contributed by atoms with van der Waals surface area (Å²) < 4.78 is 19.9. The molecule has 10 nitrogen and oxygen atoms in total. The summed E-state index contributed by atoms with van der Waals surface area (Å²) in [7, 11) is 1.85. The number of amides is 1. The Morgan fingerprint density at radius 1 is 1.27 bits per heavy atom. The van der Waals surface area contributed by atoms with Crippen LogP contribution in [0.25, 0.3) is 11.4 Å². The van der Waals surface area contributed by atoms with Crippen molar-refractivity contribution in [1.82, 2.24) is 24.5 Å². The van der Waals surface area contributed by atoms with E-state index in [2.05, 4.69) is 20.6 Å². The molecular weight excluding hydrogens is 408 g/mol. The highest BCUT2D eigenvalue weighted by Crippen LogP contribution is 2.34. The summed E-state index contributed by atoms with van der Waals surface area (Å²) in [6.07, 6.45) is 1.88. The van der Waals surface area contributed by atoms with Crippen LogP contribution in [0.5, 0.6) is 17.4 Å². The largest absolute Gasteiger partial charge is 0.476 e. The van der Waals surface area contributed by atoms with Crippen molar-refractivity contribution in [3.8, 4) is 28.8 Å². The first-order chi connectivity index (χ1) is 14.6. The molecule has 0 saturated heterocycles. The Hall–Kier alpha value is -3.21. The number of nitrogens with zero attached hydrogens (tertiary/aromatic N) is 5. The molecule has 0 spiro atoms. The van der Waals surface area contributed by atoms with Gasteiger partial charge in [-0.3, -0.25) is 9.48 Å². The van der Waals surface area contributed by atoms with Gasteiger partial charge in [0, 0.05) is 31.5 Å². The van der Waals surface area contributed by atoms with Crippen molar-refractivity contribution in [3.05, 3.63) is 24.4 Å². The van der Waals surface area contributed by atoms with Crippen molar-refractivity contribution in [3.63, 3.8) is 0 Å². The van der Waals surface area contributed by atoms with E-state index in [0.29, 0.717) is 40.7 Å². The fraction of sp³-hybridized carbons (Fsp3) is 0.368. The number of ether oxygens (including phenoxy) is 3. The maximum Gasteiger partial charge on any atom is 0.243 e. The predicted molar refractivity (Wildman–Crippen MR) is 111 cm³/mol. The fourth-order valence-corrected chi connectivity index (χ4v) is 3.65. The van der Waals surface area contributed by atoms with Gasteiger partial charge in [0.2, 0.25) is 18.6 Å². The van der Waals surface area contributed by atoms with Crippen LogP contribution in [-0.2, 0) is 18.4 Å². The molecule has 0 fully saturated rings. The fourth-order valence-electron chi connectivity index (χ4n) is 2.94. The second-order valence-corrected chi connectivity index (χ2v) is 7.35. The predicted octanol–water partition coefficient (Wildman–Crippen LogP) is 2.56. The van der Waals surface area contributed by atoms with Gasteiger partial charge in [-0.2, -0.15) is 0 Å².